The molecule has 2 fully saturated rings. The number of hydrogen-bond acceptors (Lipinski definition) is 3. The molecule has 3 nitrogen and oxygen atoms in total. The van der Waals surface area contributed by atoms with Gasteiger partial charge >= 0.3 is 0 Å². The van der Waals surface area contributed by atoms with E-state index in [-0.39, 0.29) is 6.10 Å². The Hall–Kier alpha value is -0.120. The fourth-order valence-electron chi connectivity index (χ4n) is 0.882. The van der Waals surface area contributed by atoms with Crippen LogP contribution in [-0.2, 0) is 4.84 Å². The number of hydroxylamine groups is 2. The van der Waals surface area contributed by atoms with Gasteiger partial charge in [-0.15, -0.1) is 0 Å². The molecule has 0 spiro atoms. The summed E-state index contributed by atoms with van der Waals surface area (Å²) >= 11 is 0. The Kier molecular flexibility index (Phi) is 0.543. The lowest BCUT2D eigenvalue weighted by molar-refractivity contribution is -0.0430. The van der Waals surface area contributed by atoms with Gasteiger partial charge in [-0.05, 0) is 0 Å². The predicted molar refractivity (Wildman–Crippen MR) is 22.5 cm³/mol. The summed E-state index contributed by atoms with van der Waals surface area (Å²) in [6.07, 6.45) is -0.208. The van der Waals surface area contributed by atoms with Crippen LogP contribution in [0.1, 0.15) is 0 Å². The van der Waals surface area contributed by atoms with Crippen LogP contribution < -0.4 is 0 Å². The van der Waals surface area contributed by atoms with E-state index in [0.717, 1.165) is 6.54 Å². The average molecular weight is 101 g/mol. The Morgan fingerprint density at radius 1 is 1.71 bits per heavy atom. The highest BCUT2D eigenvalue weighted by atomic mass is 16.7. The highest BCUT2D eigenvalue weighted by molar-refractivity contribution is 4.93. The highest BCUT2D eigenvalue weighted by Crippen LogP contribution is 2.27. The van der Waals surface area contributed by atoms with Crippen molar-refractivity contribution in [3.63, 3.8) is 0 Å². The second-order valence-electron chi connectivity index (χ2n) is 2.03. The molecule has 0 aromatic carbocycles. The maximum atomic E-state index is 8.87. The lowest BCUT2D eigenvalue weighted by Gasteiger charge is -1.94. The van der Waals surface area contributed by atoms with Gasteiger partial charge in [-0.25, -0.2) is 0 Å². The minimum Gasteiger partial charge on any atom is -0.389 e. The van der Waals surface area contributed by atoms with E-state index in [2.05, 4.69) is 0 Å². The molecular weight excluding hydrogens is 94.0 g/mol. The zero-order chi connectivity index (χ0) is 4.85. The Morgan fingerprint density at radius 2 is 2.57 bits per heavy atom. The van der Waals surface area contributed by atoms with Crippen molar-refractivity contribution in [2.24, 2.45) is 0 Å². The van der Waals surface area contributed by atoms with E-state index in [0.29, 0.717) is 12.6 Å². The van der Waals surface area contributed by atoms with E-state index in [1.807, 2.05) is 0 Å². The molecule has 1 N–H and O–H groups in total. The van der Waals surface area contributed by atoms with Gasteiger partial charge in [-0.1, -0.05) is 0 Å². The van der Waals surface area contributed by atoms with Crippen molar-refractivity contribution in [1.82, 2.24) is 5.06 Å². The van der Waals surface area contributed by atoms with Gasteiger partial charge in [0.2, 0.25) is 0 Å². The first-order valence-corrected chi connectivity index (χ1v) is 2.45. The molecule has 0 bridgehead atoms. The molecule has 2 aliphatic rings. The van der Waals surface area contributed by atoms with Crippen LogP contribution in [0.5, 0.6) is 0 Å². The SMILES string of the molecule is OC1CON2CC12. The molecule has 0 amide bonds. The van der Waals surface area contributed by atoms with Gasteiger partial charge in [0.15, 0.2) is 0 Å². The first-order chi connectivity index (χ1) is 3.38. The topological polar surface area (TPSA) is 32.5 Å². The molecule has 3 heteroatoms. The van der Waals surface area contributed by atoms with Crippen molar-refractivity contribution in [1.29, 1.82) is 0 Å². The minimum atomic E-state index is -0.208. The number of rotatable bonds is 0. The van der Waals surface area contributed by atoms with Crippen molar-refractivity contribution in [2.75, 3.05) is 13.2 Å². The number of nitrogens with zero attached hydrogens (tertiary/aromatic N) is 1. The fraction of sp³-hybridized carbons (Fsp3) is 1.00. The Labute approximate surface area is 41.4 Å². The van der Waals surface area contributed by atoms with E-state index < -0.39 is 0 Å². The third-order valence-corrected chi connectivity index (χ3v) is 1.46. The van der Waals surface area contributed by atoms with Gasteiger partial charge in [0.05, 0.1) is 18.8 Å². The molecule has 40 valence electrons. The van der Waals surface area contributed by atoms with Crippen LogP contribution in [0.3, 0.4) is 0 Å². The average Bonchev–Trinajstić information content (AvgIpc) is 2.33. The third kappa shape index (κ3) is 0.400. The molecule has 2 aliphatic heterocycles. The fourth-order valence-corrected chi connectivity index (χ4v) is 0.882. The lowest BCUT2D eigenvalue weighted by atomic mass is 10.3. The molecule has 2 saturated heterocycles. The van der Waals surface area contributed by atoms with E-state index >= 15 is 0 Å². The van der Waals surface area contributed by atoms with Crippen LogP contribution in [0.25, 0.3) is 0 Å². The van der Waals surface area contributed by atoms with Gasteiger partial charge < -0.3 is 5.11 Å². The minimum absolute atomic E-state index is 0.208. The first kappa shape index (κ1) is 3.83. The molecule has 7 heavy (non-hydrogen) atoms. The van der Waals surface area contributed by atoms with Crippen molar-refractivity contribution < 1.29 is 9.94 Å². The lowest BCUT2D eigenvalue weighted by Crippen LogP contribution is -2.14. The van der Waals surface area contributed by atoms with Crippen molar-refractivity contribution in [3.8, 4) is 0 Å². The van der Waals surface area contributed by atoms with Gasteiger partial charge in [-0.3, -0.25) is 4.84 Å². The Balaban J connectivity index is 2.08. The summed E-state index contributed by atoms with van der Waals surface area (Å²) in [5, 5.41) is 10.7. The summed E-state index contributed by atoms with van der Waals surface area (Å²) in [6.45, 7) is 1.44. The molecule has 3 unspecified atom stereocenters. The summed E-state index contributed by atoms with van der Waals surface area (Å²) in [6, 6.07) is 0.347. The molecule has 2 rings (SSSR count). The Morgan fingerprint density at radius 3 is 2.71 bits per heavy atom. The van der Waals surface area contributed by atoms with E-state index in [1.54, 1.807) is 5.06 Å². The van der Waals surface area contributed by atoms with E-state index in [9.17, 15) is 0 Å². The van der Waals surface area contributed by atoms with Crippen LogP contribution >= 0.6 is 0 Å². The summed E-state index contributed by atoms with van der Waals surface area (Å²) in [7, 11) is 0. The third-order valence-electron chi connectivity index (χ3n) is 1.46. The van der Waals surface area contributed by atoms with E-state index in [1.165, 1.54) is 0 Å². The second-order valence-corrected chi connectivity index (χ2v) is 2.03. The zero-order valence-corrected chi connectivity index (χ0v) is 3.87. The molecule has 0 aromatic rings. The van der Waals surface area contributed by atoms with Gasteiger partial charge in [0.1, 0.15) is 0 Å². The molecule has 0 aliphatic carbocycles. The van der Waals surface area contributed by atoms with Crippen LogP contribution in [0.4, 0.5) is 0 Å². The van der Waals surface area contributed by atoms with Crippen LogP contribution in [0.15, 0.2) is 0 Å². The van der Waals surface area contributed by atoms with Gasteiger partial charge in [0, 0.05) is 6.54 Å². The summed E-state index contributed by atoms with van der Waals surface area (Å²) in [5.41, 5.74) is 0. The largest absolute Gasteiger partial charge is 0.389 e. The van der Waals surface area contributed by atoms with Crippen LogP contribution in [0, 0.1) is 0 Å². The number of aliphatic hydroxyl groups excluding tert-OH is 1. The summed E-state index contributed by atoms with van der Waals surface area (Å²) in [5.74, 6) is 0. The Bertz CT molecular complexity index is 95.7. The molecule has 2 heterocycles. The van der Waals surface area contributed by atoms with Crippen LogP contribution in [0.2, 0.25) is 0 Å². The number of hydrogen-bond donors (Lipinski definition) is 1. The summed E-state index contributed by atoms with van der Waals surface area (Å²) < 4.78 is 0. The quantitative estimate of drug-likeness (QED) is 0.396. The number of fused-ring (bicyclic) bond motifs is 1. The monoisotopic (exact) mass is 101 g/mol. The van der Waals surface area contributed by atoms with Crippen molar-refractivity contribution in [3.05, 3.63) is 0 Å². The van der Waals surface area contributed by atoms with Crippen LogP contribution in [-0.4, -0.2) is 35.5 Å². The summed E-state index contributed by atoms with van der Waals surface area (Å²) in [4.78, 5) is 4.92. The van der Waals surface area contributed by atoms with Gasteiger partial charge in [0.25, 0.3) is 0 Å². The van der Waals surface area contributed by atoms with Crippen molar-refractivity contribution >= 4 is 0 Å². The maximum Gasteiger partial charge on any atom is 0.0985 e. The zero-order valence-electron chi connectivity index (χ0n) is 3.87. The maximum absolute atomic E-state index is 8.87. The van der Waals surface area contributed by atoms with Crippen molar-refractivity contribution in [2.45, 2.75) is 12.1 Å². The standard InChI is InChI=1S/C4H7NO2/c6-4-2-7-5-1-3(4)5/h3-4,6H,1-2H2. The second kappa shape index (κ2) is 0.992. The normalized spacial score (nSPS) is 57.0. The molecule has 0 radical (unpaired) electrons. The molecule has 0 saturated carbocycles. The number of aliphatic hydroxyl groups is 1. The first-order valence-electron chi connectivity index (χ1n) is 2.45. The molecule has 3 atom stereocenters. The molecule has 0 aromatic heterocycles. The predicted octanol–water partition coefficient (Wildman–Crippen LogP) is -1.02. The smallest absolute Gasteiger partial charge is 0.0985 e. The molecular formula is C4H7NO2. The highest BCUT2D eigenvalue weighted by Gasteiger charge is 2.47. The van der Waals surface area contributed by atoms with Gasteiger partial charge in [-0.2, -0.15) is 5.06 Å². The van der Waals surface area contributed by atoms with E-state index in [4.69, 9.17) is 9.94 Å².